The number of hydrogen-bond donors (Lipinski definition) is 7. The summed E-state index contributed by atoms with van der Waals surface area (Å²) >= 11 is 0. The quantitative estimate of drug-likeness (QED) is 0.190. The Labute approximate surface area is 190 Å². The van der Waals surface area contributed by atoms with E-state index < -0.39 is 54.5 Å². The van der Waals surface area contributed by atoms with E-state index in [-0.39, 0.29) is 12.8 Å². The highest BCUT2D eigenvalue weighted by atomic mass is 16.4. The number of rotatable bonds is 12. The zero-order valence-corrected chi connectivity index (χ0v) is 18.0. The number of aliphatic hydroxyl groups excluding tert-OH is 1. The fourth-order valence-corrected chi connectivity index (χ4v) is 3.05. The molecular weight excluding hydrogens is 432 g/mol. The minimum atomic E-state index is -1.36. The molecule has 0 saturated heterocycles. The van der Waals surface area contributed by atoms with Crippen LogP contribution in [0.4, 0.5) is 0 Å². The van der Waals surface area contributed by atoms with Crippen LogP contribution < -0.4 is 21.7 Å². The molecule has 0 aliphatic heterocycles. The van der Waals surface area contributed by atoms with Gasteiger partial charge in [0.1, 0.15) is 18.1 Å². The maximum absolute atomic E-state index is 13.0. The lowest BCUT2D eigenvalue weighted by Gasteiger charge is -2.25. The van der Waals surface area contributed by atoms with Gasteiger partial charge in [-0.25, -0.2) is 9.78 Å². The molecule has 1 aromatic heterocycles. The van der Waals surface area contributed by atoms with Gasteiger partial charge in [0.2, 0.25) is 17.7 Å². The fourth-order valence-electron chi connectivity index (χ4n) is 3.05. The lowest BCUT2D eigenvalue weighted by atomic mass is 10.0. The van der Waals surface area contributed by atoms with E-state index in [9.17, 15) is 29.4 Å². The first kappa shape index (κ1) is 25.5. The minimum absolute atomic E-state index is 0.0351. The van der Waals surface area contributed by atoms with Crippen LogP contribution in [0.3, 0.4) is 0 Å². The molecule has 33 heavy (non-hydrogen) atoms. The van der Waals surface area contributed by atoms with Gasteiger partial charge in [0.25, 0.3) is 0 Å². The molecule has 12 heteroatoms. The van der Waals surface area contributed by atoms with Crippen LogP contribution in [0, 0.1) is 0 Å². The number of nitrogens with zero attached hydrogens (tertiary/aromatic N) is 1. The molecule has 0 bridgehead atoms. The van der Waals surface area contributed by atoms with Gasteiger partial charge < -0.3 is 36.9 Å². The first-order valence-corrected chi connectivity index (χ1v) is 10.2. The van der Waals surface area contributed by atoms with Crippen molar-refractivity contribution in [3.63, 3.8) is 0 Å². The Morgan fingerprint density at radius 1 is 1.03 bits per heavy atom. The van der Waals surface area contributed by atoms with Crippen molar-refractivity contribution in [3.8, 4) is 0 Å². The fraction of sp³-hybridized carbons (Fsp3) is 0.381. The second-order valence-corrected chi connectivity index (χ2v) is 7.42. The van der Waals surface area contributed by atoms with E-state index in [1.54, 1.807) is 30.3 Å². The highest BCUT2D eigenvalue weighted by Crippen LogP contribution is 2.06. The first-order chi connectivity index (χ1) is 15.7. The van der Waals surface area contributed by atoms with Crippen LogP contribution in [-0.2, 0) is 32.0 Å². The van der Waals surface area contributed by atoms with E-state index in [1.165, 1.54) is 19.4 Å². The van der Waals surface area contributed by atoms with Gasteiger partial charge in [-0.3, -0.25) is 14.4 Å². The van der Waals surface area contributed by atoms with Crippen molar-refractivity contribution in [2.24, 2.45) is 5.73 Å². The molecule has 2 rings (SSSR count). The van der Waals surface area contributed by atoms with Crippen molar-refractivity contribution in [2.75, 3.05) is 6.54 Å². The zero-order valence-electron chi connectivity index (χ0n) is 18.0. The third kappa shape index (κ3) is 8.01. The average Bonchev–Trinajstić information content (AvgIpc) is 3.29. The third-order valence-corrected chi connectivity index (χ3v) is 4.78. The number of carboxylic acids is 1. The molecule has 0 fully saturated rings. The van der Waals surface area contributed by atoms with E-state index >= 15 is 0 Å². The summed E-state index contributed by atoms with van der Waals surface area (Å²) in [5, 5.41) is 26.7. The van der Waals surface area contributed by atoms with Gasteiger partial charge in [0.05, 0.1) is 19.0 Å². The molecule has 0 radical (unpaired) electrons. The number of benzene rings is 1. The molecule has 4 unspecified atom stereocenters. The Balaban J connectivity index is 2.18. The summed E-state index contributed by atoms with van der Waals surface area (Å²) in [6.07, 6.45) is 1.57. The Bertz CT molecular complexity index is 934. The van der Waals surface area contributed by atoms with Gasteiger partial charge in [0.15, 0.2) is 0 Å². The maximum Gasteiger partial charge on any atom is 0.326 e. The number of aliphatic carboxylic acids is 1. The number of hydrogen-bond acceptors (Lipinski definition) is 7. The van der Waals surface area contributed by atoms with Crippen molar-refractivity contribution < 1.29 is 29.4 Å². The van der Waals surface area contributed by atoms with Crippen LogP contribution in [0.25, 0.3) is 0 Å². The van der Waals surface area contributed by atoms with Crippen LogP contribution in [0.2, 0.25) is 0 Å². The predicted octanol–water partition coefficient (Wildman–Crippen LogP) is -1.93. The van der Waals surface area contributed by atoms with E-state index in [2.05, 4.69) is 25.9 Å². The topological polar surface area (TPSA) is 200 Å². The number of amides is 3. The molecule has 4 atom stereocenters. The van der Waals surface area contributed by atoms with Gasteiger partial charge in [0, 0.05) is 24.7 Å². The smallest absolute Gasteiger partial charge is 0.326 e. The summed E-state index contributed by atoms with van der Waals surface area (Å²) in [5.41, 5.74) is 6.46. The first-order valence-electron chi connectivity index (χ1n) is 10.2. The number of aromatic nitrogens is 2. The zero-order chi connectivity index (χ0) is 24.4. The highest BCUT2D eigenvalue weighted by Gasteiger charge is 2.31. The van der Waals surface area contributed by atoms with E-state index in [0.717, 1.165) is 0 Å². The number of imidazole rings is 1. The Kier molecular flexibility index (Phi) is 9.51. The Hall–Kier alpha value is -3.77. The van der Waals surface area contributed by atoms with Crippen LogP contribution >= 0.6 is 0 Å². The lowest BCUT2D eigenvalue weighted by Crippen LogP contribution is -2.59. The summed E-state index contributed by atoms with van der Waals surface area (Å²) in [5.74, 6) is -3.49. The monoisotopic (exact) mass is 460 g/mol. The lowest BCUT2D eigenvalue weighted by molar-refractivity contribution is -0.142. The van der Waals surface area contributed by atoms with Crippen molar-refractivity contribution in [2.45, 2.75) is 44.0 Å². The molecule has 2 aromatic rings. The Morgan fingerprint density at radius 3 is 2.24 bits per heavy atom. The van der Waals surface area contributed by atoms with Crippen LogP contribution in [0.15, 0.2) is 42.9 Å². The van der Waals surface area contributed by atoms with Gasteiger partial charge in [-0.1, -0.05) is 30.3 Å². The Morgan fingerprint density at radius 2 is 1.70 bits per heavy atom. The average molecular weight is 460 g/mol. The molecule has 1 aromatic carbocycles. The number of carbonyl (C=O) groups excluding carboxylic acids is 3. The van der Waals surface area contributed by atoms with Crippen molar-refractivity contribution in [1.29, 1.82) is 0 Å². The van der Waals surface area contributed by atoms with Crippen molar-refractivity contribution in [1.82, 2.24) is 25.9 Å². The number of H-pyrrole nitrogens is 1. The van der Waals surface area contributed by atoms with E-state index in [0.29, 0.717) is 11.3 Å². The highest BCUT2D eigenvalue weighted by molar-refractivity contribution is 5.94. The molecule has 0 spiro atoms. The number of carbonyl (C=O) groups is 4. The minimum Gasteiger partial charge on any atom is -0.480 e. The molecular formula is C21H28N6O6. The summed E-state index contributed by atoms with van der Waals surface area (Å²) < 4.78 is 0. The summed E-state index contributed by atoms with van der Waals surface area (Å²) in [7, 11) is 0. The van der Waals surface area contributed by atoms with E-state index in [4.69, 9.17) is 5.73 Å². The molecule has 178 valence electrons. The summed E-state index contributed by atoms with van der Waals surface area (Å²) in [6, 6.07) is 4.94. The largest absolute Gasteiger partial charge is 0.480 e. The van der Waals surface area contributed by atoms with Gasteiger partial charge in [-0.05, 0) is 12.5 Å². The standard InChI is InChI=1S/C21H28N6O6/c1-12(28)18(27-17(29)9-22)20(31)25-15(8-14-10-23-11-24-14)19(30)26-16(21(32)33)7-13-5-3-2-4-6-13/h2-6,10-12,15-16,18,28H,7-9,22H2,1H3,(H,23,24)(H,25,31)(H,26,30)(H,27,29)(H,32,33). The van der Waals surface area contributed by atoms with E-state index in [1.807, 2.05) is 0 Å². The van der Waals surface area contributed by atoms with Crippen LogP contribution in [-0.4, -0.2) is 74.6 Å². The number of carboxylic acid groups (broad SMARTS) is 1. The van der Waals surface area contributed by atoms with Crippen LogP contribution in [0.5, 0.6) is 0 Å². The summed E-state index contributed by atoms with van der Waals surface area (Å²) in [4.78, 5) is 55.8. The number of aromatic amines is 1. The summed E-state index contributed by atoms with van der Waals surface area (Å²) in [6.45, 7) is 0.902. The third-order valence-electron chi connectivity index (χ3n) is 4.78. The molecule has 8 N–H and O–H groups in total. The van der Waals surface area contributed by atoms with Gasteiger partial charge >= 0.3 is 5.97 Å². The van der Waals surface area contributed by atoms with Crippen LogP contribution in [0.1, 0.15) is 18.2 Å². The van der Waals surface area contributed by atoms with Gasteiger partial charge in [-0.2, -0.15) is 0 Å². The van der Waals surface area contributed by atoms with Gasteiger partial charge in [-0.15, -0.1) is 0 Å². The number of aliphatic hydroxyl groups is 1. The second kappa shape index (κ2) is 12.3. The SMILES string of the molecule is CC(O)C(NC(=O)CN)C(=O)NC(Cc1cnc[nH]1)C(=O)NC(Cc1ccccc1)C(=O)O. The maximum atomic E-state index is 13.0. The van der Waals surface area contributed by atoms with Crippen molar-refractivity contribution in [3.05, 3.63) is 54.1 Å². The number of nitrogens with one attached hydrogen (secondary N) is 4. The molecule has 0 aliphatic carbocycles. The predicted molar refractivity (Wildman–Crippen MR) is 117 cm³/mol. The molecule has 0 saturated carbocycles. The second-order valence-electron chi connectivity index (χ2n) is 7.42. The molecule has 1 heterocycles. The molecule has 12 nitrogen and oxygen atoms in total. The normalized spacial score (nSPS) is 14.4. The number of nitrogens with two attached hydrogens (primary N) is 1. The van der Waals surface area contributed by atoms with Crippen molar-refractivity contribution >= 4 is 23.7 Å². The molecule has 3 amide bonds. The molecule has 0 aliphatic rings.